The van der Waals surface area contributed by atoms with E-state index in [0.29, 0.717) is 26.2 Å². The third-order valence-electron chi connectivity index (χ3n) is 6.50. The summed E-state index contributed by atoms with van der Waals surface area (Å²) in [6.07, 6.45) is 3.40. The van der Waals surface area contributed by atoms with E-state index in [1.54, 1.807) is 45.6 Å². The van der Waals surface area contributed by atoms with Crippen molar-refractivity contribution >= 4 is 22.0 Å². The van der Waals surface area contributed by atoms with E-state index in [9.17, 15) is 18.0 Å². The molecule has 31 heavy (non-hydrogen) atoms. The maximum absolute atomic E-state index is 13.2. The van der Waals surface area contributed by atoms with Gasteiger partial charge in [0.2, 0.25) is 15.9 Å². The molecule has 5 rings (SSSR count). The van der Waals surface area contributed by atoms with E-state index in [2.05, 4.69) is 15.3 Å². The molecule has 3 aliphatic heterocycles. The van der Waals surface area contributed by atoms with Crippen molar-refractivity contribution in [1.29, 1.82) is 0 Å². The highest BCUT2D eigenvalue weighted by atomic mass is 32.2. The zero-order valence-corrected chi connectivity index (χ0v) is 17.9. The van der Waals surface area contributed by atoms with Gasteiger partial charge >= 0.3 is 6.03 Å². The number of aromatic nitrogens is 2. The molecule has 3 amide bonds. The van der Waals surface area contributed by atoms with Gasteiger partial charge in [-0.2, -0.15) is 9.40 Å². The fraction of sp³-hybridized carbons (Fsp3) is 0.450. The molecule has 4 heterocycles. The van der Waals surface area contributed by atoms with Crippen molar-refractivity contribution in [2.24, 2.45) is 11.8 Å². The molecule has 10 nitrogen and oxygen atoms in total. The van der Waals surface area contributed by atoms with Crippen molar-refractivity contribution in [3.05, 3.63) is 42.7 Å². The second-order valence-corrected chi connectivity index (χ2v) is 10.3. The third-order valence-corrected chi connectivity index (χ3v) is 8.35. The van der Waals surface area contributed by atoms with Gasteiger partial charge in [0.05, 0.1) is 23.2 Å². The molecule has 11 heteroatoms. The molecule has 0 saturated carbocycles. The monoisotopic (exact) mass is 444 g/mol. The number of likely N-dealkylation sites (tertiary alicyclic amines) is 1. The van der Waals surface area contributed by atoms with Crippen LogP contribution in [0.2, 0.25) is 0 Å². The second kappa shape index (κ2) is 7.43. The van der Waals surface area contributed by atoms with Crippen LogP contribution in [0.4, 0.5) is 4.79 Å². The first-order valence-corrected chi connectivity index (χ1v) is 11.7. The summed E-state index contributed by atoms with van der Waals surface area (Å²) in [6.45, 7) is 2.21. The Kier molecular flexibility index (Phi) is 4.83. The maximum Gasteiger partial charge on any atom is 0.325 e. The van der Waals surface area contributed by atoms with Crippen molar-refractivity contribution in [1.82, 2.24) is 29.2 Å². The molecule has 164 valence electrons. The minimum atomic E-state index is -3.58. The van der Waals surface area contributed by atoms with E-state index in [1.807, 2.05) is 6.07 Å². The van der Waals surface area contributed by atoms with Gasteiger partial charge in [-0.15, -0.1) is 0 Å². The Bertz CT molecular complexity index is 1070. The molecule has 3 unspecified atom stereocenters. The molecule has 3 saturated heterocycles. The van der Waals surface area contributed by atoms with Gasteiger partial charge < -0.3 is 5.32 Å². The van der Waals surface area contributed by atoms with Gasteiger partial charge in [0.25, 0.3) is 0 Å². The number of fused-ring (bicyclic) bond motifs is 1. The predicted octanol–water partition coefficient (Wildman–Crippen LogP) is 0.322. The van der Waals surface area contributed by atoms with Crippen LogP contribution in [0.25, 0.3) is 5.69 Å². The number of benzene rings is 1. The Morgan fingerprint density at radius 3 is 2.29 bits per heavy atom. The third kappa shape index (κ3) is 3.52. The summed E-state index contributed by atoms with van der Waals surface area (Å²) < 4.78 is 29.5. The van der Waals surface area contributed by atoms with E-state index in [4.69, 9.17) is 0 Å². The number of nitrogens with zero attached hydrogens (tertiary/aromatic N) is 5. The largest absolute Gasteiger partial charge is 0.325 e. The molecule has 0 spiro atoms. The molecule has 1 aromatic carbocycles. The summed E-state index contributed by atoms with van der Waals surface area (Å²) in [7, 11) is -2.11. The van der Waals surface area contributed by atoms with Crippen LogP contribution in [0, 0.1) is 11.8 Å². The van der Waals surface area contributed by atoms with Crippen LogP contribution in [0.3, 0.4) is 0 Å². The summed E-state index contributed by atoms with van der Waals surface area (Å²) in [6, 6.07) is 8.15. The van der Waals surface area contributed by atoms with Crippen LogP contribution in [-0.2, 0) is 14.8 Å². The quantitative estimate of drug-likeness (QED) is 0.728. The fourth-order valence-corrected chi connectivity index (χ4v) is 6.26. The van der Waals surface area contributed by atoms with Crippen LogP contribution >= 0.6 is 0 Å². The van der Waals surface area contributed by atoms with Gasteiger partial charge in [-0.05, 0) is 42.2 Å². The standard InChI is InChI=1S/C20H24N6O4S/c1-23-19(27)9-18(22-20(23)28)24-10-14-12-25(13-15(14)11-24)31(29,30)17-5-3-16(4-6-17)26-8-2-7-21-26/h2-8,14-15,18H,9-13H2,1H3,(H,22,28). The van der Waals surface area contributed by atoms with Gasteiger partial charge in [0, 0.05) is 45.6 Å². The van der Waals surface area contributed by atoms with Gasteiger partial charge in [-0.1, -0.05) is 0 Å². The molecular formula is C20H24N6O4S. The lowest BCUT2D eigenvalue weighted by Crippen LogP contribution is -2.59. The first-order chi connectivity index (χ1) is 14.8. The molecule has 0 bridgehead atoms. The number of sulfonamides is 1. The van der Waals surface area contributed by atoms with E-state index in [1.165, 1.54) is 7.05 Å². The summed E-state index contributed by atoms with van der Waals surface area (Å²) in [5.74, 6) is 0.170. The van der Waals surface area contributed by atoms with Crippen molar-refractivity contribution in [3.8, 4) is 5.69 Å². The second-order valence-electron chi connectivity index (χ2n) is 8.36. The number of hydrogen-bond acceptors (Lipinski definition) is 6. The maximum atomic E-state index is 13.2. The molecule has 0 radical (unpaired) electrons. The average Bonchev–Trinajstić information content (AvgIpc) is 3.48. The number of carbonyl (C=O) groups is 2. The summed E-state index contributed by atoms with van der Waals surface area (Å²) in [5, 5.41) is 7.02. The minimum Gasteiger partial charge on any atom is -0.322 e. The molecule has 3 aliphatic rings. The Morgan fingerprint density at radius 1 is 1.03 bits per heavy atom. The minimum absolute atomic E-state index is 0.185. The highest BCUT2D eigenvalue weighted by Crippen LogP contribution is 2.35. The SMILES string of the molecule is CN1C(=O)CC(N2CC3CN(S(=O)(=O)c4ccc(-n5cccn5)cc4)CC3C2)NC1=O. The molecule has 2 aromatic rings. The van der Waals surface area contributed by atoms with Gasteiger partial charge in [0.15, 0.2) is 0 Å². The Morgan fingerprint density at radius 2 is 1.71 bits per heavy atom. The number of nitrogens with one attached hydrogen (secondary N) is 1. The number of imide groups is 1. The fourth-order valence-electron chi connectivity index (χ4n) is 4.70. The number of amides is 3. The smallest absolute Gasteiger partial charge is 0.322 e. The molecule has 1 aromatic heterocycles. The van der Waals surface area contributed by atoms with Crippen LogP contribution in [0.1, 0.15) is 6.42 Å². The topological polar surface area (TPSA) is 108 Å². The molecule has 3 fully saturated rings. The van der Waals surface area contributed by atoms with E-state index in [0.717, 1.165) is 10.6 Å². The van der Waals surface area contributed by atoms with Crippen LogP contribution in [0.15, 0.2) is 47.6 Å². The normalized spacial score (nSPS) is 27.5. The zero-order chi connectivity index (χ0) is 21.8. The Balaban J connectivity index is 1.25. The van der Waals surface area contributed by atoms with Gasteiger partial charge in [0.1, 0.15) is 0 Å². The van der Waals surface area contributed by atoms with Crippen molar-refractivity contribution in [2.75, 3.05) is 33.2 Å². The van der Waals surface area contributed by atoms with Crippen LogP contribution in [-0.4, -0.2) is 83.6 Å². The highest BCUT2D eigenvalue weighted by molar-refractivity contribution is 7.89. The summed E-state index contributed by atoms with van der Waals surface area (Å²) >= 11 is 0. The zero-order valence-electron chi connectivity index (χ0n) is 17.1. The number of hydrogen-bond donors (Lipinski definition) is 1. The molecule has 1 N–H and O–H groups in total. The van der Waals surface area contributed by atoms with Crippen molar-refractivity contribution < 1.29 is 18.0 Å². The van der Waals surface area contributed by atoms with Crippen molar-refractivity contribution in [3.63, 3.8) is 0 Å². The van der Waals surface area contributed by atoms with Crippen LogP contribution in [0.5, 0.6) is 0 Å². The molecule has 0 aliphatic carbocycles. The number of urea groups is 1. The predicted molar refractivity (Wildman–Crippen MR) is 111 cm³/mol. The van der Waals surface area contributed by atoms with E-state index >= 15 is 0 Å². The molecule has 3 atom stereocenters. The lowest BCUT2D eigenvalue weighted by molar-refractivity contribution is -0.130. The Labute approximate surface area is 180 Å². The first kappa shape index (κ1) is 20.2. The average molecular weight is 445 g/mol. The van der Waals surface area contributed by atoms with E-state index in [-0.39, 0.29) is 41.3 Å². The first-order valence-electron chi connectivity index (χ1n) is 10.2. The summed E-state index contributed by atoms with van der Waals surface area (Å²) in [5.41, 5.74) is 0.799. The lowest BCUT2D eigenvalue weighted by atomic mass is 10.0. The van der Waals surface area contributed by atoms with Gasteiger partial charge in [-0.3, -0.25) is 14.6 Å². The summed E-state index contributed by atoms with van der Waals surface area (Å²) in [4.78, 5) is 27.4. The Hall–Kier alpha value is -2.76. The number of carbonyl (C=O) groups excluding carboxylic acids is 2. The van der Waals surface area contributed by atoms with Crippen molar-refractivity contribution in [2.45, 2.75) is 17.5 Å². The lowest BCUT2D eigenvalue weighted by Gasteiger charge is -2.35. The van der Waals surface area contributed by atoms with Gasteiger partial charge in [-0.25, -0.2) is 17.9 Å². The molecular weight excluding hydrogens is 420 g/mol. The highest BCUT2D eigenvalue weighted by Gasteiger charge is 2.47. The van der Waals surface area contributed by atoms with E-state index < -0.39 is 10.0 Å². The van der Waals surface area contributed by atoms with Crippen LogP contribution < -0.4 is 5.32 Å². The number of rotatable bonds is 4.